The van der Waals surface area contributed by atoms with Crippen molar-refractivity contribution in [3.8, 4) is 11.4 Å². The minimum atomic E-state index is -3.18. The highest BCUT2D eigenvalue weighted by atomic mass is 35.5. The zero-order chi connectivity index (χ0) is 19.9. The maximum absolute atomic E-state index is 11.4. The number of fused-ring (bicyclic) bond motifs is 1. The van der Waals surface area contributed by atoms with Crippen LogP contribution in [0.3, 0.4) is 0 Å². The van der Waals surface area contributed by atoms with Gasteiger partial charge in [0, 0.05) is 37.9 Å². The lowest BCUT2D eigenvalue weighted by Gasteiger charge is -2.33. The van der Waals surface area contributed by atoms with Crippen LogP contribution in [0.1, 0.15) is 12.8 Å². The third kappa shape index (κ3) is 3.85. The van der Waals surface area contributed by atoms with E-state index in [2.05, 4.69) is 14.6 Å². The largest absolute Gasteiger partial charge is 0.356 e. The van der Waals surface area contributed by atoms with E-state index in [1.165, 1.54) is 6.26 Å². The second kappa shape index (κ2) is 7.35. The van der Waals surface area contributed by atoms with Crippen molar-refractivity contribution in [1.29, 1.82) is 0 Å². The van der Waals surface area contributed by atoms with Crippen LogP contribution in [0.15, 0.2) is 36.5 Å². The summed E-state index contributed by atoms with van der Waals surface area (Å²) in [6.07, 6.45) is 4.33. The number of rotatable bonds is 4. The zero-order valence-electron chi connectivity index (χ0n) is 15.8. The molecule has 0 bridgehead atoms. The predicted molar refractivity (Wildman–Crippen MR) is 112 cm³/mol. The Morgan fingerprint density at radius 1 is 1.21 bits per heavy atom. The summed E-state index contributed by atoms with van der Waals surface area (Å²) in [5.74, 6) is 1.62. The summed E-state index contributed by atoms with van der Waals surface area (Å²) in [6.45, 7) is 1.45. The van der Waals surface area contributed by atoms with Gasteiger partial charge in [-0.2, -0.15) is 0 Å². The van der Waals surface area contributed by atoms with Crippen molar-refractivity contribution in [1.82, 2.24) is 19.3 Å². The number of nitrogens with one attached hydrogen (secondary N) is 1. The lowest BCUT2D eigenvalue weighted by atomic mass is 10.1. The maximum Gasteiger partial charge on any atom is 0.208 e. The van der Waals surface area contributed by atoms with Crippen LogP contribution in [0.25, 0.3) is 22.4 Å². The van der Waals surface area contributed by atoms with Crippen LogP contribution in [0.5, 0.6) is 0 Å². The van der Waals surface area contributed by atoms with Gasteiger partial charge in [0.15, 0.2) is 0 Å². The fourth-order valence-electron chi connectivity index (χ4n) is 3.69. The molecule has 4 rings (SSSR count). The number of benzene rings is 1. The number of anilines is 1. The van der Waals surface area contributed by atoms with Crippen molar-refractivity contribution in [3.63, 3.8) is 0 Å². The molecule has 1 aromatic carbocycles. The number of halogens is 1. The molecule has 1 aliphatic heterocycles. The third-order valence-electron chi connectivity index (χ3n) is 5.07. The van der Waals surface area contributed by atoms with Crippen molar-refractivity contribution in [3.05, 3.63) is 41.6 Å². The van der Waals surface area contributed by atoms with E-state index >= 15 is 0 Å². The molecule has 1 N–H and O–H groups in total. The van der Waals surface area contributed by atoms with E-state index in [0.29, 0.717) is 5.02 Å². The summed E-state index contributed by atoms with van der Waals surface area (Å²) in [7, 11) is -1.21. The molecule has 28 heavy (non-hydrogen) atoms. The Hall–Kier alpha value is -2.16. The van der Waals surface area contributed by atoms with Crippen molar-refractivity contribution >= 4 is 38.5 Å². The van der Waals surface area contributed by atoms with Crippen LogP contribution in [0.4, 0.5) is 5.82 Å². The Kier molecular flexibility index (Phi) is 5.03. The topological polar surface area (TPSA) is 80.1 Å². The minimum absolute atomic E-state index is 0.0298. The number of aromatic nitrogens is 3. The highest BCUT2D eigenvalue weighted by Gasteiger charge is 2.23. The Labute approximate surface area is 169 Å². The summed E-state index contributed by atoms with van der Waals surface area (Å²) in [4.78, 5) is 11.4. The molecule has 2 aromatic heterocycles. The normalized spacial score (nSPS) is 16.0. The molecule has 0 saturated carbocycles. The highest BCUT2D eigenvalue weighted by Crippen LogP contribution is 2.32. The Bertz CT molecular complexity index is 1120. The Morgan fingerprint density at radius 3 is 2.61 bits per heavy atom. The number of aryl methyl sites for hydroxylation is 1. The van der Waals surface area contributed by atoms with E-state index in [0.717, 1.165) is 54.2 Å². The van der Waals surface area contributed by atoms with E-state index in [9.17, 15) is 8.42 Å². The molecule has 0 atom stereocenters. The molecule has 3 heterocycles. The smallest absolute Gasteiger partial charge is 0.208 e. The van der Waals surface area contributed by atoms with Crippen LogP contribution >= 0.6 is 11.6 Å². The minimum Gasteiger partial charge on any atom is -0.356 e. The van der Waals surface area contributed by atoms with E-state index in [1.807, 2.05) is 41.9 Å². The fraction of sp³-hybridized carbons (Fsp3) is 0.368. The summed E-state index contributed by atoms with van der Waals surface area (Å²) in [5, 5.41) is 0.552. The first-order valence-corrected chi connectivity index (χ1v) is 11.4. The van der Waals surface area contributed by atoms with Gasteiger partial charge in [0.1, 0.15) is 11.6 Å². The van der Waals surface area contributed by atoms with Gasteiger partial charge < -0.3 is 9.47 Å². The van der Waals surface area contributed by atoms with Crippen LogP contribution in [0, 0.1) is 0 Å². The molecular weight excluding hydrogens is 398 g/mol. The quantitative estimate of drug-likeness (QED) is 0.703. The lowest BCUT2D eigenvalue weighted by molar-refractivity contribution is 0.460. The number of hydrogen-bond acceptors (Lipinski definition) is 5. The highest BCUT2D eigenvalue weighted by molar-refractivity contribution is 7.88. The third-order valence-corrected chi connectivity index (χ3v) is 6.13. The predicted octanol–water partition coefficient (Wildman–Crippen LogP) is 2.81. The number of hydrogen-bond donors (Lipinski definition) is 1. The van der Waals surface area contributed by atoms with E-state index in [-0.39, 0.29) is 6.04 Å². The van der Waals surface area contributed by atoms with Crippen molar-refractivity contribution in [2.24, 2.45) is 7.05 Å². The van der Waals surface area contributed by atoms with Crippen LogP contribution in [0.2, 0.25) is 5.02 Å². The van der Waals surface area contributed by atoms with Crippen LogP contribution < -0.4 is 9.62 Å². The molecule has 0 amide bonds. The molecule has 148 valence electrons. The van der Waals surface area contributed by atoms with E-state index in [1.54, 1.807) is 6.20 Å². The molecule has 1 fully saturated rings. The monoisotopic (exact) mass is 419 g/mol. The molecule has 0 spiro atoms. The van der Waals surface area contributed by atoms with Gasteiger partial charge in [-0.25, -0.2) is 23.1 Å². The average molecular weight is 420 g/mol. The molecular formula is C19H22ClN5O2S. The molecule has 0 aliphatic carbocycles. The summed E-state index contributed by atoms with van der Waals surface area (Å²) in [6, 6.07) is 9.90. The van der Waals surface area contributed by atoms with E-state index < -0.39 is 10.0 Å². The van der Waals surface area contributed by atoms with Gasteiger partial charge in [0.2, 0.25) is 10.0 Å². The number of para-hydroxylation sites is 2. The standard InChI is InChI=1S/C19H22ClN5O2S/c1-24-17-6-4-3-5-16(17)22-19(24)14-11-18(21-12-15(14)20)25-9-7-13(8-10-25)23-28(2,26)27/h3-6,11-13,23H,7-10H2,1-2H3. The van der Waals surface area contributed by atoms with Gasteiger partial charge in [0.25, 0.3) is 0 Å². The molecule has 0 unspecified atom stereocenters. The van der Waals surface area contributed by atoms with E-state index in [4.69, 9.17) is 16.6 Å². The van der Waals surface area contributed by atoms with Crippen LogP contribution in [-0.4, -0.2) is 48.3 Å². The summed E-state index contributed by atoms with van der Waals surface area (Å²) < 4.78 is 27.6. The second-order valence-corrected chi connectivity index (χ2v) is 9.34. The van der Waals surface area contributed by atoms with Crippen molar-refractivity contribution < 1.29 is 8.42 Å². The Morgan fingerprint density at radius 2 is 1.93 bits per heavy atom. The number of nitrogens with zero attached hydrogens (tertiary/aromatic N) is 4. The number of pyridine rings is 1. The molecule has 3 aromatic rings. The summed E-state index contributed by atoms with van der Waals surface area (Å²) >= 11 is 6.45. The zero-order valence-corrected chi connectivity index (χ0v) is 17.3. The van der Waals surface area contributed by atoms with Crippen LogP contribution in [-0.2, 0) is 17.1 Å². The van der Waals surface area contributed by atoms with Gasteiger partial charge in [-0.05, 0) is 31.0 Å². The molecule has 1 saturated heterocycles. The van der Waals surface area contributed by atoms with Gasteiger partial charge in [-0.3, -0.25) is 0 Å². The lowest BCUT2D eigenvalue weighted by Crippen LogP contribution is -2.44. The SMILES string of the molecule is Cn1c(-c2cc(N3CCC(NS(C)(=O)=O)CC3)ncc2Cl)nc2ccccc21. The number of imidazole rings is 1. The van der Waals surface area contributed by atoms with Gasteiger partial charge in [-0.15, -0.1) is 0 Å². The first-order chi connectivity index (χ1) is 13.3. The van der Waals surface area contributed by atoms with Gasteiger partial charge in [0.05, 0.1) is 22.3 Å². The molecule has 1 aliphatic rings. The first-order valence-electron chi connectivity index (χ1n) is 9.11. The molecule has 0 radical (unpaired) electrons. The second-order valence-electron chi connectivity index (χ2n) is 7.16. The first kappa shape index (κ1) is 19.2. The maximum atomic E-state index is 11.4. The van der Waals surface area contributed by atoms with Gasteiger partial charge in [-0.1, -0.05) is 23.7 Å². The molecule has 7 nitrogen and oxygen atoms in total. The number of piperidine rings is 1. The number of sulfonamides is 1. The Balaban J connectivity index is 1.60. The molecule has 9 heteroatoms. The van der Waals surface area contributed by atoms with Crippen molar-refractivity contribution in [2.45, 2.75) is 18.9 Å². The van der Waals surface area contributed by atoms with Gasteiger partial charge >= 0.3 is 0 Å². The van der Waals surface area contributed by atoms with Crippen molar-refractivity contribution in [2.75, 3.05) is 24.2 Å². The summed E-state index contributed by atoms with van der Waals surface area (Å²) in [5.41, 5.74) is 2.79. The average Bonchev–Trinajstić information content (AvgIpc) is 2.99. The fourth-order valence-corrected chi connectivity index (χ4v) is 4.72.